The summed E-state index contributed by atoms with van der Waals surface area (Å²) in [4.78, 5) is 61.6. The van der Waals surface area contributed by atoms with E-state index in [2.05, 4.69) is 37.0 Å². The minimum atomic E-state index is -5.41. The van der Waals surface area contributed by atoms with Crippen molar-refractivity contribution in [3.63, 3.8) is 0 Å². The standard InChI is InChI=1S/C44H81N3O15P2/c1-34(2)25-21-17-13-11-9-7-5-6-8-10-12-14-20-24-28-40(49)60-36(31-57-39(48)27-23-19-16-15-18-22-26-35(3)4)32-58-63(53,54)62-64(55,56)59-33-37-41(50)42(51)43(61-37)47-30-29-38(45)46-44(47)52/h29-30,34-37,41-43,50-51H,5-28,31-33H2,1-4H3,(H,53,54)(H,55,56)(H2,45,46,52)/t36-,37-,41+,42?,43-/m1/s1. The van der Waals surface area contributed by atoms with Gasteiger partial charge in [0.1, 0.15) is 30.7 Å². The van der Waals surface area contributed by atoms with Crippen LogP contribution in [0.3, 0.4) is 0 Å². The summed E-state index contributed by atoms with van der Waals surface area (Å²) in [6, 6.07) is 1.25. The Bertz CT molecular complexity index is 1600. The molecule has 0 amide bonds. The number of nitrogen functional groups attached to an aromatic ring is 1. The lowest BCUT2D eigenvalue weighted by atomic mass is 10.0. The van der Waals surface area contributed by atoms with Crippen LogP contribution in [-0.4, -0.2) is 85.7 Å². The Morgan fingerprint density at radius 2 is 1.16 bits per heavy atom. The fourth-order valence-electron chi connectivity index (χ4n) is 7.33. The topological polar surface area (TPSA) is 265 Å². The monoisotopic (exact) mass is 954 g/mol. The maximum atomic E-state index is 12.8. The Morgan fingerprint density at radius 1 is 0.703 bits per heavy atom. The van der Waals surface area contributed by atoms with Gasteiger partial charge in [-0.05, 0) is 30.7 Å². The molecular weight excluding hydrogens is 872 g/mol. The molecule has 7 atom stereocenters. The van der Waals surface area contributed by atoms with Crippen LogP contribution in [0.2, 0.25) is 0 Å². The summed E-state index contributed by atoms with van der Waals surface area (Å²) in [5, 5.41) is 20.9. The van der Waals surface area contributed by atoms with Crippen molar-refractivity contribution >= 4 is 33.4 Å². The molecule has 1 aliphatic rings. The van der Waals surface area contributed by atoms with Crippen molar-refractivity contribution in [2.45, 2.75) is 212 Å². The zero-order valence-corrected chi connectivity index (χ0v) is 40.7. The minimum absolute atomic E-state index is 0.0557. The van der Waals surface area contributed by atoms with E-state index in [0.29, 0.717) is 18.8 Å². The zero-order chi connectivity index (χ0) is 47.4. The van der Waals surface area contributed by atoms with Gasteiger partial charge in [-0.3, -0.25) is 23.2 Å². The van der Waals surface area contributed by atoms with Crippen LogP contribution in [-0.2, 0) is 46.3 Å². The van der Waals surface area contributed by atoms with E-state index < -0.39 is 83.7 Å². The number of aromatic nitrogens is 2. The molecule has 64 heavy (non-hydrogen) atoms. The van der Waals surface area contributed by atoms with E-state index in [9.17, 15) is 43.5 Å². The molecule has 1 saturated heterocycles. The molecule has 0 spiro atoms. The molecule has 6 N–H and O–H groups in total. The van der Waals surface area contributed by atoms with Gasteiger partial charge >= 0.3 is 33.3 Å². The van der Waals surface area contributed by atoms with Gasteiger partial charge in [0.05, 0.1) is 13.2 Å². The number of phosphoric ester groups is 2. The molecular formula is C44H81N3O15P2. The molecule has 20 heteroatoms. The molecule has 0 bridgehead atoms. The van der Waals surface area contributed by atoms with Crippen LogP contribution in [0.15, 0.2) is 17.1 Å². The van der Waals surface area contributed by atoms with Crippen molar-refractivity contribution in [1.82, 2.24) is 9.55 Å². The van der Waals surface area contributed by atoms with Crippen LogP contribution in [0.4, 0.5) is 5.82 Å². The number of phosphoric acid groups is 2. The largest absolute Gasteiger partial charge is 0.481 e. The Balaban J connectivity index is 1.80. The van der Waals surface area contributed by atoms with E-state index in [1.807, 2.05) is 0 Å². The number of carbonyl (C=O) groups excluding carboxylic acids is 2. The number of nitrogens with zero attached hydrogens (tertiary/aromatic N) is 2. The highest BCUT2D eigenvalue weighted by Gasteiger charge is 2.46. The fraction of sp³-hybridized carbons (Fsp3) is 0.864. The van der Waals surface area contributed by atoms with Crippen LogP contribution in [0.5, 0.6) is 0 Å². The number of carbonyl (C=O) groups is 2. The summed E-state index contributed by atoms with van der Waals surface area (Å²) in [7, 11) is -10.8. The van der Waals surface area contributed by atoms with Gasteiger partial charge in [0, 0.05) is 19.0 Å². The normalized spacial score (nSPS) is 20.0. The molecule has 1 aliphatic heterocycles. The predicted molar refractivity (Wildman–Crippen MR) is 243 cm³/mol. The van der Waals surface area contributed by atoms with Gasteiger partial charge < -0.3 is 39.9 Å². The third kappa shape index (κ3) is 26.8. The first kappa shape index (κ1) is 57.9. The predicted octanol–water partition coefficient (Wildman–Crippen LogP) is 8.82. The van der Waals surface area contributed by atoms with Crippen LogP contribution < -0.4 is 11.4 Å². The van der Waals surface area contributed by atoms with Crippen molar-refractivity contribution in [1.29, 1.82) is 0 Å². The van der Waals surface area contributed by atoms with Crippen molar-refractivity contribution in [3.05, 3.63) is 22.7 Å². The molecule has 0 radical (unpaired) electrons. The summed E-state index contributed by atoms with van der Waals surface area (Å²) in [6.07, 6.45) is 18.1. The van der Waals surface area contributed by atoms with Crippen molar-refractivity contribution in [3.8, 4) is 0 Å². The second-order valence-electron chi connectivity index (χ2n) is 17.9. The maximum Gasteiger partial charge on any atom is 0.481 e. The van der Waals surface area contributed by atoms with Gasteiger partial charge in [0.2, 0.25) is 0 Å². The molecule has 0 aromatic carbocycles. The Kier molecular flexibility index (Phi) is 29.4. The molecule has 0 aliphatic carbocycles. The number of anilines is 1. The van der Waals surface area contributed by atoms with E-state index in [0.717, 1.165) is 61.9 Å². The third-order valence-electron chi connectivity index (χ3n) is 11.0. The lowest BCUT2D eigenvalue weighted by Gasteiger charge is -2.21. The van der Waals surface area contributed by atoms with Gasteiger partial charge in [-0.25, -0.2) is 13.9 Å². The average molecular weight is 954 g/mol. The highest BCUT2D eigenvalue weighted by atomic mass is 31.3. The van der Waals surface area contributed by atoms with Gasteiger partial charge in [-0.15, -0.1) is 0 Å². The van der Waals surface area contributed by atoms with Gasteiger partial charge in [0.25, 0.3) is 0 Å². The lowest BCUT2D eigenvalue weighted by molar-refractivity contribution is -0.161. The lowest BCUT2D eigenvalue weighted by Crippen LogP contribution is -2.36. The molecule has 2 heterocycles. The summed E-state index contributed by atoms with van der Waals surface area (Å²) in [5.41, 5.74) is 4.58. The van der Waals surface area contributed by atoms with E-state index >= 15 is 0 Å². The minimum Gasteiger partial charge on any atom is -0.462 e. The second-order valence-corrected chi connectivity index (χ2v) is 21.0. The van der Waals surface area contributed by atoms with Crippen molar-refractivity contribution in [2.75, 3.05) is 25.6 Å². The molecule has 1 fully saturated rings. The Labute approximate surface area is 380 Å². The number of hydrogen-bond donors (Lipinski definition) is 5. The van der Waals surface area contributed by atoms with Crippen molar-refractivity contribution < 1.29 is 66.3 Å². The van der Waals surface area contributed by atoms with Crippen LogP contribution in [0.1, 0.15) is 188 Å². The van der Waals surface area contributed by atoms with Crippen molar-refractivity contribution in [2.24, 2.45) is 11.8 Å². The van der Waals surface area contributed by atoms with Crippen LogP contribution in [0, 0.1) is 11.8 Å². The SMILES string of the molecule is CC(C)CCCCCCCCCCCCCCCCC(=O)O[C@H](COC(=O)CCCCCCCCC(C)C)COP(=O)(O)OP(=O)(O)OC[C@H]1O[C@@H](n2ccc(N)nc2=O)C(O)[C@H]1O. The van der Waals surface area contributed by atoms with E-state index in [-0.39, 0.29) is 18.7 Å². The number of ether oxygens (including phenoxy) is 3. The molecule has 3 unspecified atom stereocenters. The number of rotatable bonds is 38. The smallest absolute Gasteiger partial charge is 0.462 e. The van der Waals surface area contributed by atoms with E-state index in [4.69, 9.17) is 29.0 Å². The molecule has 0 saturated carbocycles. The summed E-state index contributed by atoms with van der Waals surface area (Å²) < 4.78 is 56.6. The molecule has 372 valence electrons. The molecule has 2 rings (SSSR count). The average Bonchev–Trinajstić information content (AvgIpc) is 3.50. The fourth-order valence-corrected chi connectivity index (χ4v) is 9.44. The first-order valence-corrected chi connectivity index (χ1v) is 26.8. The first-order chi connectivity index (χ1) is 30.4. The summed E-state index contributed by atoms with van der Waals surface area (Å²) in [5.74, 6) is 0.180. The third-order valence-corrected chi connectivity index (χ3v) is 13.6. The highest BCUT2D eigenvalue weighted by molar-refractivity contribution is 7.61. The Hall–Kier alpha value is -2.24. The van der Waals surface area contributed by atoms with Crippen LogP contribution >= 0.6 is 15.6 Å². The molecule has 1 aromatic heterocycles. The Morgan fingerprint density at radius 3 is 1.64 bits per heavy atom. The van der Waals surface area contributed by atoms with E-state index in [1.165, 1.54) is 89.3 Å². The number of unbranched alkanes of at least 4 members (excludes halogenated alkanes) is 18. The number of aliphatic hydroxyl groups excluding tert-OH is 2. The molecule has 18 nitrogen and oxygen atoms in total. The number of aliphatic hydroxyl groups is 2. The maximum absolute atomic E-state index is 12.8. The highest BCUT2D eigenvalue weighted by Crippen LogP contribution is 2.60. The zero-order valence-electron chi connectivity index (χ0n) is 38.9. The van der Waals surface area contributed by atoms with Gasteiger partial charge in [0.15, 0.2) is 12.3 Å². The number of nitrogens with two attached hydrogens (primary N) is 1. The number of hydrogen-bond acceptors (Lipinski definition) is 15. The summed E-state index contributed by atoms with van der Waals surface area (Å²) >= 11 is 0. The second kappa shape index (κ2) is 32.5. The quantitative estimate of drug-likeness (QED) is 0.0235. The van der Waals surface area contributed by atoms with E-state index in [1.54, 1.807) is 0 Å². The molecule has 1 aromatic rings. The number of esters is 2. The first-order valence-electron chi connectivity index (χ1n) is 23.8. The van der Waals surface area contributed by atoms with Gasteiger partial charge in [-0.2, -0.15) is 9.29 Å². The van der Waals surface area contributed by atoms with Gasteiger partial charge in [-0.1, -0.05) is 156 Å². The van der Waals surface area contributed by atoms with Crippen LogP contribution in [0.25, 0.3) is 0 Å². The summed E-state index contributed by atoms with van der Waals surface area (Å²) in [6.45, 7) is 6.67.